The predicted molar refractivity (Wildman–Crippen MR) is 82.0 cm³/mol. The van der Waals surface area contributed by atoms with Gasteiger partial charge in [0.25, 0.3) is 0 Å². The first-order chi connectivity index (χ1) is 10.1. The Kier molecular flexibility index (Phi) is 4.07. The highest BCUT2D eigenvalue weighted by Crippen LogP contribution is 2.26. The van der Waals surface area contributed by atoms with Crippen LogP contribution in [-0.2, 0) is 11.2 Å². The van der Waals surface area contributed by atoms with Crippen LogP contribution in [-0.4, -0.2) is 34.9 Å². The van der Waals surface area contributed by atoms with Gasteiger partial charge in [-0.3, -0.25) is 4.79 Å². The van der Waals surface area contributed by atoms with Crippen molar-refractivity contribution in [1.29, 1.82) is 0 Å². The number of thiophene rings is 1. The first-order valence-corrected chi connectivity index (χ1v) is 8.05. The van der Waals surface area contributed by atoms with Crippen LogP contribution in [0.5, 0.6) is 0 Å². The third-order valence-corrected chi connectivity index (χ3v) is 4.69. The van der Waals surface area contributed by atoms with Crippen LogP contribution in [0.2, 0.25) is 0 Å². The van der Waals surface area contributed by atoms with Crippen LogP contribution in [0.15, 0.2) is 21.9 Å². The van der Waals surface area contributed by atoms with Gasteiger partial charge < -0.3 is 15.1 Å². The lowest BCUT2D eigenvalue weighted by Crippen LogP contribution is -2.43. The minimum absolute atomic E-state index is 0.107. The number of oxazole rings is 1. The van der Waals surface area contributed by atoms with E-state index in [4.69, 9.17) is 10.2 Å². The van der Waals surface area contributed by atoms with Gasteiger partial charge in [-0.15, -0.1) is 11.3 Å². The van der Waals surface area contributed by atoms with Crippen LogP contribution < -0.4 is 5.73 Å². The van der Waals surface area contributed by atoms with Crippen molar-refractivity contribution in [2.75, 3.05) is 13.1 Å². The fourth-order valence-corrected chi connectivity index (χ4v) is 3.15. The molecule has 0 radical (unpaired) electrons. The molecule has 1 aliphatic heterocycles. The lowest BCUT2D eigenvalue weighted by Gasteiger charge is -2.30. The number of likely N-dealkylation sites (tertiary alicyclic amines) is 1. The van der Waals surface area contributed by atoms with Crippen LogP contribution in [0.1, 0.15) is 24.3 Å². The number of nitrogens with two attached hydrogens (primary N) is 1. The Hall–Kier alpha value is -1.66. The molecule has 0 saturated carbocycles. The first kappa shape index (κ1) is 14.3. The SMILES string of the molecule is Cc1oc(-c2cccs2)nc1CC(=O)N1CCC(N)CC1. The van der Waals surface area contributed by atoms with E-state index in [0.717, 1.165) is 42.3 Å². The second kappa shape index (κ2) is 5.99. The summed E-state index contributed by atoms with van der Waals surface area (Å²) < 4.78 is 5.67. The molecule has 0 aromatic carbocycles. The van der Waals surface area contributed by atoms with Crippen LogP contribution >= 0.6 is 11.3 Å². The van der Waals surface area contributed by atoms with Crippen LogP contribution in [0, 0.1) is 6.92 Å². The predicted octanol–water partition coefficient (Wildman–Crippen LogP) is 2.20. The Morgan fingerprint density at radius 3 is 2.95 bits per heavy atom. The second-order valence-electron chi connectivity index (χ2n) is 5.39. The highest BCUT2D eigenvalue weighted by atomic mass is 32.1. The summed E-state index contributed by atoms with van der Waals surface area (Å²) in [5.41, 5.74) is 6.60. The van der Waals surface area contributed by atoms with Crippen LogP contribution in [0.3, 0.4) is 0 Å². The van der Waals surface area contributed by atoms with Crippen LogP contribution in [0.25, 0.3) is 10.8 Å². The van der Waals surface area contributed by atoms with Crippen molar-refractivity contribution >= 4 is 17.2 Å². The summed E-state index contributed by atoms with van der Waals surface area (Å²) in [5.74, 6) is 1.43. The number of nitrogens with zero attached hydrogens (tertiary/aromatic N) is 2. The van der Waals surface area contributed by atoms with E-state index >= 15 is 0 Å². The molecule has 5 nitrogen and oxygen atoms in total. The van der Waals surface area contributed by atoms with Gasteiger partial charge in [-0.1, -0.05) is 6.07 Å². The van der Waals surface area contributed by atoms with Gasteiger partial charge >= 0.3 is 0 Å². The molecular weight excluding hydrogens is 286 g/mol. The number of piperidine rings is 1. The van der Waals surface area contributed by atoms with Gasteiger partial charge in [0.15, 0.2) is 0 Å². The van der Waals surface area contributed by atoms with Gasteiger partial charge in [0.05, 0.1) is 17.0 Å². The maximum absolute atomic E-state index is 12.3. The maximum atomic E-state index is 12.3. The Labute approximate surface area is 127 Å². The summed E-state index contributed by atoms with van der Waals surface area (Å²) in [7, 11) is 0. The molecule has 1 fully saturated rings. The summed E-state index contributed by atoms with van der Waals surface area (Å²) in [6.45, 7) is 3.35. The van der Waals surface area contributed by atoms with E-state index < -0.39 is 0 Å². The van der Waals surface area contributed by atoms with E-state index in [0.29, 0.717) is 12.3 Å². The minimum atomic E-state index is 0.107. The highest BCUT2D eigenvalue weighted by molar-refractivity contribution is 7.13. The van der Waals surface area contributed by atoms with E-state index in [9.17, 15) is 4.79 Å². The van der Waals surface area contributed by atoms with E-state index in [1.54, 1.807) is 11.3 Å². The fraction of sp³-hybridized carbons (Fsp3) is 0.467. The number of carbonyl (C=O) groups excluding carboxylic acids is 1. The molecule has 3 rings (SSSR count). The Balaban J connectivity index is 1.69. The first-order valence-electron chi connectivity index (χ1n) is 7.17. The largest absolute Gasteiger partial charge is 0.440 e. The van der Waals surface area contributed by atoms with Crippen molar-refractivity contribution in [2.45, 2.75) is 32.2 Å². The third-order valence-electron chi connectivity index (χ3n) is 3.84. The van der Waals surface area contributed by atoms with Crippen molar-refractivity contribution in [1.82, 2.24) is 9.88 Å². The number of aryl methyl sites for hydroxylation is 1. The molecule has 2 aromatic heterocycles. The molecule has 2 aromatic rings. The molecule has 0 atom stereocenters. The average Bonchev–Trinajstić information content (AvgIpc) is 3.10. The van der Waals surface area contributed by atoms with Crippen molar-refractivity contribution in [3.05, 3.63) is 29.0 Å². The molecule has 1 amide bonds. The standard InChI is InChI=1S/C15H19N3O2S/c1-10-12(17-15(20-10)13-3-2-8-21-13)9-14(19)18-6-4-11(16)5-7-18/h2-3,8,11H,4-7,9,16H2,1H3. The average molecular weight is 305 g/mol. The van der Waals surface area contributed by atoms with E-state index in [1.807, 2.05) is 29.3 Å². The number of amides is 1. The lowest BCUT2D eigenvalue weighted by molar-refractivity contribution is -0.131. The molecule has 0 bridgehead atoms. The molecule has 1 saturated heterocycles. The molecule has 3 heterocycles. The van der Waals surface area contributed by atoms with Gasteiger partial charge in [0.2, 0.25) is 11.8 Å². The molecule has 0 spiro atoms. The summed E-state index contributed by atoms with van der Waals surface area (Å²) in [6.07, 6.45) is 2.06. The van der Waals surface area contributed by atoms with Crippen LogP contribution in [0.4, 0.5) is 0 Å². The maximum Gasteiger partial charge on any atom is 0.236 e. The van der Waals surface area contributed by atoms with Gasteiger partial charge in [0, 0.05) is 19.1 Å². The van der Waals surface area contributed by atoms with Crippen molar-refractivity contribution in [3.8, 4) is 10.8 Å². The quantitative estimate of drug-likeness (QED) is 0.943. The van der Waals surface area contributed by atoms with E-state index in [-0.39, 0.29) is 11.9 Å². The van der Waals surface area contributed by atoms with Gasteiger partial charge in [-0.25, -0.2) is 4.98 Å². The summed E-state index contributed by atoms with van der Waals surface area (Å²) in [5, 5.41) is 1.98. The molecule has 0 unspecified atom stereocenters. The molecule has 6 heteroatoms. The molecule has 21 heavy (non-hydrogen) atoms. The summed E-state index contributed by atoms with van der Waals surface area (Å²) >= 11 is 1.58. The number of carbonyl (C=O) groups is 1. The fourth-order valence-electron chi connectivity index (χ4n) is 2.50. The van der Waals surface area contributed by atoms with Crippen molar-refractivity contribution in [2.24, 2.45) is 5.73 Å². The van der Waals surface area contributed by atoms with Crippen molar-refractivity contribution in [3.63, 3.8) is 0 Å². The number of rotatable bonds is 3. The zero-order valence-electron chi connectivity index (χ0n) is 12.0. The second-order valence-corrected chi connectivity index (χ2v) is 6.34. The van der Waals surface area contributed by atoms with Gasteiger partial charge in [-0.05, 0) is 31.2 Å². The minimum Gasteiger partial charge on any atom is -0.440 e. The lowest BCUT2D eigenvalue weighted by atomic mass is 10.1. The zero-order chi connectivity index (χ0) is 14.8. The number of hydrogen-bond donors (Lipinski definition) is 1. The molecule has 2 N–H and O–H groups in total. The molecule has 0 aliphatic carbocycles. The molecular formula is C15H19N3O2S. The topological polar surface area (TPSA) is 72.4 Å². The Morgan fingerprint density at radius 1 is 1.52 bits per heavy atom. The zero-order valence-corrected chi connectivity index (χ0v) is 12.9. The molecule has 1 aliphatic rings. The number of hydrogen-bond acceptors (Lipinski definition) is 5. The van der Waals surface area contributed by atoms with E-state index in [1.165, 1.54) is 0 Å². The Bertz CT molecular complexity index is 613. The third kappa shape index (κ3) is 3.16. The molecule has 112 valence electrons. The van der Waals surface area contributed by atoms with Gasteiger partial charge in [0.1, 0.15) is 5.76 Å². The Morgan fingerprint density at radius 2 is 2.29 bits per heavy atom. The van der Waals surface area contributed by atoms with E-state index in [2.05, 4.69) is 4.98 Å². The normalized spacial score (nSPS) is 16.4. The highest BCUT2D eigenvalue weighted by Gasteiger charge is 2.23. The summed E-state index contributed by atoms with van der Waals surface area (Å²) in [6, 6.07) is 4.16. The monoisotopic (exact) mass is 305 g/mol. The number of aromatic nitrogens is 1. The van der Waals surface area contributed by atoms with Crippen molar-refractivity contribution < 1.29 is 9.21 Å². The van der Waals surface area contributed by atoms with Gasteiger partial charge in [-0.2, -0.15) is 0 Å². The summed E-state index contributed by atoms with van der Waals surface area (Å²) in [4.78, 5) is 19.7. The smallest absolute Gasteiger partial charge is 0.236 e.